The lowest BCUT2D eigenvalue weighted by atomic mass is 9.89. The number of hydrogen-bond donors (Lipinski definition) is 0. The molecule has 3 aromatic carbocycles. The molecule has 3 aromatic rings. The van der Waals surface area contributed by atoms with E-state index in [0.717, 1.165) is 33.2 Å². The van der Waals surface area contributed by atoms with Gasteiger partial charge in [0, 0.05) is 5.56 Å². The van der Waals surface area contributed by atoms with Gasteiger partial charge in [0.1, 0.15) is 0 Å². The summed E-state index contributed by atoms with van der Waals surface area (Å²) in [5, 5.41) is 2.29. The average Bonchev–Trinajstić information content (AvgIpc) is 2.81. The molecule has 3 heteroatoms. The van der Waals surface area contributed by atoms with Gasteiger partial charge < -0.3 is 0 Å². The van der Waals surface area contributed by atoms with Crippen molar-refractivity contribution in [2.24, 2.45) is 0 Å². The van der Waals surface area contributed by atoms with E-state index < -0.39 is 11.7 Å². The van der Waals surface area contributed by atoms with Crippen LogP contribution in [0.1, 0.15) is 15.9 Å². The van der Waals surface area contributed by atoms with Gasteiger partial charge in [-0.05, 0) is 28.0 Å². The summed E-state index contributed by atoms with van der Waals surface area (Å²) < 4.78 is 0. The molecular weight excluding hydrogens is 274 g/mol. The highest BCUT2D eigenvalue weighted by Gasteiger charge is 2.40. The Morgan fingerprint density at radius 2 is 1.59 bits per heavy atom. The van der Waals surface area contributed by atoms with E-state index in [0.29, 0.717) is 12.1 Å². The van der Waals surface area contributed by atoms with Crippen LogP contribution in [0.2, 0.25) is 0 Å². The molecule has 0 spiro atoms. The van der Waals surface area contributed by atoms with E-state index in [9.17, 15) is 9.59 Å². The van der Waals surface area contributed by atoms with Gasteiger partial charge >= 0.3 is 0 Å². The van der Waals surface area contributed by atoms with E-state index in [2.05, 4.69) is 24.3 Å². The van der Waals surface area contributed by atoms with Crippen LogP contribution in [0.15, 0.2) is 54.6 Å². The summed E-state index contributed by atoms with van der Waals surface area (Å²) in [4.78, 5) is 26.1. The van der Waals surface area contributed by atoms with Crippen LogP contribution in [-0.2, 0) is 11.3 Å². The monoisotopic (exact) mass is 285 g/mol. The predicted molar refractivity (Wildman–Crippen MR) is 84.9 cm³/mol. The minimum atomic E-state index is -0.416. The largest absolute Gasteiger partial charge is 0.300 e. The summed E-state index contributed by atoms with van der Waals surface area (Å²) in [7, 11) is 0. The zero-order chi connectivity index (χ0) is 14.8. The lowest BCUT2D eigenvalue weighted by molar-refractivity contribution is -0.114. The Kier molecular flexibility index (Phi) is 2.03. The second-order valence-electron chi connectivity index (χ2n) is 5.73. The minimum Gasteiger partial charge on any atom is -0.300 e. The number of rotatable bonds is 0. The van der Waals surface area contributed by atoms with Crippen molar-refractivity contribution in [3.63, 3.8) is 0 Å². The first kappa shape index (κ1) is 11.7. The molecule has 2 aliphatic rings. The number of nitrogens with zero attached hydrogens (tertiary/aromatic N) is 1. The number of benzene rings is 3. The number of para-hydroxylation sites is 1. The van der Waals surface area contributed by atoms with Crippen LogP contribution in [0.25, 0.3) is 21.9 Å². The van der Waals surface area contributed by atoms with E-state index in [1.165, 1.54) is 0 Å². The van der Waals surface area contributed by atoms with Gasteiger partial charge in [0.15, 0.2) is 0 Å². The van der Waals surface area contributed by atoms with Gasteiger partial charge in [-0.1, -0.05) is 48.5 Å². The Hall–Kier alpha value is -2.94. The molecule has 0 bridgehead atoms. The fourth-order valence-corrected chi connectivity index (χ4v) is 3.64. The highest BCUT2D eigenvalue weighted by Crippen LogP contribution is 2.46. The third-order valence-electron chi connectivity index (χ3n) is 4.64. The van der Waals surface area contributed by atoms with Crippen LogP contribution in [0, 0.1) is 0 Å². The minimum absolute atomic E-state index is 0.394. The number of amides is 1. The predicted octanol–water partition coefficient (Wildman–Crippen LogP) is 3.55. The molecule has 3 nitrogen and oxygen atoms in total. The van der Waals surface area contributed by atoms with Crippen molar-refractivity contribution in [3.8, 4) is 11.1 Å². The normalized spacial score (nSPS) is 15.2. The molecule has 2 heterocycles. The van der Waals surface area contributed by atoms with Crippen molar-refractivity contribution >= 4 is 28.2 Å². The molecule has 5 rings (SSSR count). The van der Waals surface area contributed by atoms with Gasteiger partial charge in [0.05, 0.1) is 17.8 Å². The van der Waals surface area contributed by atoms with Crippen molar-refractivity contribution < 1.29 is 9.59 Å². The Bertz CT molecular complexity index is 1000. The van der Waals surface area contributed by atoms with Crippen molar-refractivity contribution in [2.45, 2.75) is 6.54 Å². The molecule has 0 radical (unpaired) electrons. The Labute approximate surface area is 126 Å². The van der Waals surface area contributed by atoms with Gasteiger partial charge in [-0.25, -0.2) is 0 Å². The molecule has 2 aliphatic heterocycles. The fourth-order valence-electron chi connectivity index (χ4n) is 3.64. The number of Topliss-reactive ketones (excluding diaryl/α,β-unsaturated/α-hetero) is 1. The zero-order valence-electron chi connectivity index (χ0n) is 11.7. The van der Waals surface area contributed by atoms with Crippen LogP contribution in [-0.4, -0.2) is 11.7 Å². The Balaban J connectivity index is 1.91. The molecule has 0 atom stereocenters. The first-order chi connectivity index (χ1) is 10.8. The summed E-state index contributed by atoms with van der Waals surface area (Å²) in [5.74, 6) is -0.810. The third-order valence-corrected chi connectivity index (χ3v) is 4.64. The highest BCUT2D eigenvalue weighted by atomic mass is 16.2. The number of carbonyl (C=O) groups is 2. The molecule has 0 N–H and O–H groups in total. The van der Waals surface area contributed by atoms with Crippen LogP contribution in [0.3, 0.4) is 0 Å². The maximum atomic E-state index is 12.3. The fraction of sp³-hybridized carbons (Fsp3) is 0.0526. The Morgan fingerprint density at radius 3 is 2.50 bits per heavy atom. The van der Waals surface area contributed by atoms with Crippen molar-refractivity contribution in [1.29, 1.82) is 0 Å². The summed E-state index contributed by atoms with van der Waals surface area (Å²) in [6.07, 6.45) is 0. The SMILES string of the molecule is O=C1C(=O)N2Cc3c(ccc4ccccc34)-c3cccc1c32. The highest BCUT2D eigenvalue weighted by molar-refractivity contribution is 6.53. The van der Waals surface area contributed by atoms with Gasteiger partial charge in [-0.15, -0.1) is 0 Å². The molecule has 0 unspecified atom stereocenters. The topological polar surface area (TPSA) is 37.4 Å². The average molecular weight is 285 g/mol. The van der Waals surface area contributed by atoms with Crippen molar-refractivity contribution in [3.05, 3.63) is 65.7 Å². The molecule has 104 valence electrons. The second-order valence-corrected chi connectivity index (χ2v) is 5.73. The molecule has 0 saturated heterocycles. The van der Waals surface area contributed by atoms with Crippen LogP contribution >= 0.6 is 0 Å². The number of hydrogen-bond acceptors (Lipinski definition) is 2. The lowest BCUT2D eigenvalue weighted by Crippen LogP contribution is -2.31. The zero-order valence-corrected chi connectivity index (χ0v) is 11.7. The molecule has 0 aromatic heterocycles. The van der Waals surface area contributed by atoms with Gasteiger partial charge in [-0.2, -0.15) is 0 Å². The van der Waals surface area contributed by atoms with Crippen molar-refractivity contribution in [1.82, 2.24) is 0 Å². The first-order valence-electron chi connectivity index (χ1n) is 7.26. The van der Waals surface area contributed by atoms with Gasteiger partial charge in [-0.3, -0.25) is 14.5 Å². The third kappa shape index (κ3) is 1.26. The number of carbonyl (C=O) groups excluding carboxylic acids is 2. The molecule has 1 amide bonds. The lowest BCUT2D eigenvalue weighted by Gasteiger charge is -2.28. The molecular formula is C19H11NO2. The molecule has 22 heavy (non-hydrogen) atoms. The van der Waals surface area contributed by atoms with E-state index in [4.69, 9.17) is 0 Å². The van der Waals surface area contributed by atoms with E-state index >= 15 is 0 Å². The van der Waals surface area contributed by atoms with Crippen molar-refractivity contribution in [2.75, 3.05) is 4.90 Å². The smallest absolute Gasteiger partial charge is 0.299 e. The van der Waals surface area contributed by atoms with Crippen LogP contribution in [0.4, 0.5) is 5.69 Å². The van der Waals surface area contributed by atoms with Gasteiger partial charge in [0.2, 0.25) is 0 Å². The van der Waals surface area contributed by atoms with E-state index in [1.54, 1.807) is 11.0 Å². The number of fused-ring (bicyclic) bond motifs is 4. The maximum Gasteiger partial charge on any atom is 0.299 e. The first-order valence-corrected chi connectivity index (χ1v) is 7.26. The number of ketones is 1. The summed E-state index contributed by atoms with van der Waals surface area (Å²) in [5.41, 5.74) is 4.52. The molecule has 0 saturated carbocycles. The van der Waals surface area contributed by atoms with Gasteiger partial charge in [0.25, 0.3) is 11.7 Å². The summed E-state index contributed by atoms with van der Waals surface area (Å²) in [6, 6.07) is 17.9. The molecule has 0 fully saturated rings. The van der Waals surface area contributed by atoms with Crippen LogP contribution < -0.4 is 4.90 Å². The summed E-state index contributed by atoms with van der Waals surface area (Å²) >= 11 is 0. The summed E-state index contributed by atoms with van der Waals surface area (Å²) in [6.45, 7) is 0.464. The standard InChI is InChI=1S/C19H11NO2/c21-18-15-7-3-6-14-13-9-8-11-4-1-2-5-12(11)16(13)10-20(17(14)15)19(18)22/h1-9H,10H2. The second kappa shape index (κ2) is 3.83. The van der Waals surface area contributed by atoms with Crippen LogP contribution in [0.5, 0.6) is 0 Å². The van der Waals surface area contributed by atoms with E-state index in [-0.39, 0.29) is 0 Å². The number of anilines is 1. The maximum absolute atomic E-state index is 12.3. The Morgan fingerprint density at radius 1 is 0.773 bits per heavy atom. The quantitative estimate of drug-likeness (QED) is 0.592. The molecule has 0 aliphatic carbocycles. The van der Waals surface area contributed by atoms with E-state index in [1.807, 2.05) is 24.3 Å².